The third-order valence-electron chi connectivity index (χ3n) is 3.19. The molecule has 3 aromatic rings. The zero-order chi connectivity index (χ0) is 13.9. The number of nitrogens with one attached hydrogen (secondary N) is 1. The molecular weight excluding hydrogens is 252 g/mol. The molecule has 0 fully saturated rings. The second-order valence-electron chi connectivity index (χ2n) is 4.54. The first-order valence-corrected chi connectivity index (χ1v) is 6.47. The fraction of sp³-hybridized carbons (Fsp3) is 0.125. The van der Waals surface area contributed by atoms with Gasteiger partial charge in [-0.3, -0.25) is 4.79 Å². The van der Waals surface area contributed by atoms with Crippen molar-refractivity contribution in [2.75, 3.05) is 13.2 Å². The smallest absolute Gasteiger partial charge is 0.253 e. The molecule has 3 rings (SSSR count). The second kappa shape index (κ2) is 5.27. The molecule has 2 aromatic carbocycles. The number of amides is 1. The third-order valence-corrected chi connectivity index (χ3v) is 3.19. The molecular formula is C16H14N2O2. The maximum atomic E-state index is 12.1. The maximum Gasteiger partial charge on any atom is 0.253 e. The molecule has 4 heteroatoms. The van der Waals surface area contributed by atoms with Gasteiger partial charge in [-0.2, -0.15) is 0 Å². The number of pyridine rings is 1. The number of nitrogens with zero attached hydrogens (tertiary/aromatic N) is 1. The molecule has 0 aliphatic carbocycles. The average Bonchev–Trinajstić information content (AvgIpc) is 2.50. The summed E-state index contributed by atoms with van der Waals surface area (Å²) in [5.74, 6) is -0.215. The number of para-hydroxylation sites is 2. The second-order valence-corrected chi connectivity index (χ2v) is 4.54. The van der Waals surface area contributed by atoms with Gasteiger partial charge in [-0.25, -0.2) is 4.98 Å². The van der Waals surface area contributed by atoms with Gasteiger partial charge in [0.1, 0.15) is 0 Å². The van der Waals surface area contributed by atoms with E-state index in [9.17, 15) is 4.79 Å². The van der Waals surface area contributed by atoms with Crippen molar-refractivity contribution in [3.05, 3.63) is 54.1 Å². The van der Waals surface area contributed by atoms with Gasteiger partial charge in [-0.05, 0) is 18.2 Å². The molecule has 1 amide bonds. The van der Waals surface area contributed by atoms with Crippen LogP contribution in [0.4, 0.5) is 0 Å². The molecule has 4 nitrogen and oxygen atoms in total. The lowest BCUT2D eigenvalue weighted by Crippen LogP contribution is -2.26. The van der Waals surface area contributed by atoms with Crippen molar-refractivity contribution in [1.82, 2.24) is 10.3 Å². The highest BCUT2D eigenvalue weighted by atomic mass is 16.3. The summed E-state index contributed by atoms with van der Waals surface area (Å²) in [6.45, 7) is 0.162. The Morgan fingerprint density at radius 3 is 2.75 bits per heavy atom. The van der Waals surface area contributed by atoms with Gasteiger partial charge in [0.2, 0.25) is 0 Å². The Morgan fingerprint density at radius 1 is 1.10 bits per heavy atom. The van der Waals surface area contributed by atoms with Crippen LogP contribution in [0.25, 0.3) is 21.8 Å². The van der Waals surface area contributed by atoms with Crippen LogP contribution in [0.2, 0.25) is 0 Å². The summed E-state index contributed by atoms with van der Waals surface area (Å²) >= 11 is 0. The normalized spacial score (nSPS) is 10.8. The van der Waals surface area contributed by atoms with Crippen LogP contribution in [0.3, 0.4) is 0 Å². The van der Waals surface area contributed by atoms with E-state index in [1.165, 1.54) is 0 Å². The fourth-order valence-electron chi connectivity index (χ4n) is 2.25. The molecule has 0 aliphatic heterocycles. The highest BCUT2D eigenvalue weighted by Crippen LogP contribution is 2.22. The minimum Gasteiger partial charge on any atom is -0.395 e. The van der Waals surface area contributed by atoms with Crippen LogP contribution in [-0.4, -0.2) is 29.1 Å². The SMILES string of the molecule is O=C(NCCO)c1cccc2cc3ccccc3nc12. The van der Waals surface area contributed by atoms with Crippen molar-refractivity contribution in [2.45, 2.75) is 0 Å². The maximum absolute atomic E-state index is 12.1. The molecule has 1 heterocycles. The Kier molecular flexibility index (Phi) is 3.31. The molecule has 0 bridgehead atoms. The molecule has 0 radical (unpaired) electrons. The van der Waals surface area contributed by atoms with Crippen LogP contribution in [0.15, 0.2) is 48.5 Å². The van der Waals surface area contributed by atoms with Crippen LogP contribution >= 0.6 is 0 Å². The summed E-state index contributed by atoms with van der Waals surface area (Å²) in [6.07, 6.45) is 0. The minimum atomic E-state index is -0.215. The summed E-state index contributed by atoms with van der Waals surface area (Å²) in [5, 5.41) is 13.4. The van der Waals surface area contributed by atoms with E-state index in [0.29, 0.717) is 11.1 Å². The number of carbonyl (C=O) groups excluding carboxylic acids is 1. The number of aromatic nitrogens is 1. The number of hydrogen-bond donors (Lipinski definition) is 2. The average molecular weight is 266 g/mol. The number of rotatable bonds is 3. The number of aliphatic hydroxyl groups excluding tert-OH is 1. The lowest BCUT2D eigenvalue weighted by Gasteiger charge is -2.07. The molecule has 0 atom stereocenters. The summed E-state index contributed by atoms with van der Waals surface area (Å²) in [5.41, 5.74) is 2.07. The van der Waals surface area contributed by atoms with E-state index in [4.69, 9.17) is 5.11 Å². The molecule has 100 valence electrons. The van der Waals surface area contributed by atoms with Gasteiger partial charge in [0.05, 0.1) is 23.2 Å². The first kappa shape index (κ1) is 12.6. The summed E-state index contributed by atoms with van der Waals surface area (Å²) in [7, 11) is 0. The van der Waals surface area contributed by atoms with Crippen LogP contribution in [0.1, 0.15) is 10.4 Å². The van der Waals surface area contributed by atoms with E-state index in [0.717, 1.165) is 16.3 Å². The zero-order valence-corrected chi connectivity index (χ0v) is 10.8. The number of hydrogen-bond acceptors (Lipinski definition) is 3. The largest absolute Gasteiger partial charge is 0.395 e. The van der Waals surface area contributed by atoms with E-state index in [-0.39, 0.29) is 19.1 Å². The van der Waals surface area contributed by atoms with Crippen molar-refractivity contribution in [3.63, 3.8) is 0 Å². The molecule has 0 spiro atoms. The number of fused-ring (bicyclic) bond motifs is 2. The summed E-state index contributed by atoms with van der Waals surface area (Å²) < 4.78 is 0. The monoisotopic (exact) mass is 266 g/mol. The molecule has 2 N–H and O–H groups in total. The Morgan fingerprint density at radius 2 is 1.90 bits per heavy atom. The van der Waals surface area contributed by atoms with Gasteiger partial charge in [0.25, 0.3) is 5.91 Å². The van der Waals surface area contributed by atoms with E-state index < -0.39 is 0 Å². The Balaban J connectivity index is 2.17. The molecule has 1 aromatic heterocycles. The van der Waals surface area contributed by atoms with Gasteiger partial charge in [0, 0.05) is 17.3 Å². The first-order valence-electron chi connectivity index (χ1n) is 6.47. The van der Waals surface area contributed by atoms with Crippen molar-refractivity contribution in [2.24, 2.45) is 0 Å². The highest BCUT2D eigenvalue weighted by Gasteiger charge is 2.11. The van der Waals surface area contributed by atoms with Crippen molar-refractivity contribution in [3.8, 4) is 0 Å². The van der Waals surface area contributed by atoms with Crippen molar-refractivity contribution in [1.29, 1.82) is 0 Å². The van der Waals surface area contributed by atoms with Crippen LogP contribution in [0.5, 0.6) is 0 Å². The van der Waals surface area contributed by atoms with Crippen molar-refractivity contribution >= 4 is 27.7 Å². The predicted octanol–water partition coefficient (Wildman–Crippen LogP) is 2.11. The van der Waals surface area contributed by atoms with Crippen LogP contribution in [0, 0.1) is 0 Å². The molecule has 20 heavy (non-hydrogen) atoms. The number of benzene rings is 2. The standard InChI is InChI=1S/C16H14N2O2/c19-9-8-17-16(20)13-6-3-5-12-10-11-4-1-2-7-14(11)18-15(12)13/h1-7,10,19H,8-9H2,(H,17,20). The van der Waals surface area contributed by atoms with E-state index in [1.54, 1.807) is 6.07 Å². The predicted molar refractivity (Wildman–Crippen MR) is 78.7 cm³/mol. The highest BCUT2D eigenvalue weighted by molar-refractivity contribution is 6.07. The Labute approximate surface area is 116 Å². The van der Waals surface area contributed by atoms with Gasteiger partial charge < -0.3 is 10.4 Å². The fourth-order valence-corrected chi connectivity index (χ4v) is 2.25. The Hall–Kier alpha value is -2.46. The van der Waals surface area contributed by atoms with Gasteiger partial charge in [-0.1, -0.05) is 30.3 Å². The van der Waals surface area contributed by atoms with Gasteiger partial charge >= 0.3 is 0 Å². The van der Waals surface area contributed by atoms with Crippen molar-refractivity contribution < 1.29 is 9.90 Å². The lowest BCUT2D eigenvalue weighted by atomic mass is 10.1. The number of carbonyl (C=O) groups is 1. The minimum absolute atomic E-state index is 0.0765. The van der Waals surface area contributed by atoms with E-state index >= 15 is 0 Å². The van der Waals surface area contributed by atoms with Gasteiger partial charge in [0.15, 0.2) is 0 Å². The van der Waals surface area contributed by atoms with Crippen LogP contribution < -0.4 is 5.32 Å². The zero-order valence-electron chi connectivity index (χ0n) is 10.8. The summed E-state index contributed by atoms with van der Waals surface area (Å²) in [6, 6.07) is 15.4. The molecule has 0 aliphatic rings. The molecule has 0 saturated carbocycles. The summed E-state index contributed by atoms with van der Waals surface area (Å²) in [4.78, 5) is 16.7. The van der Waals surface area contributed by atoms with E-state index in [1.807, 2.05) is 42.5 Å². The molecule has 0 unspecified atom stereocenters. The van der Waals surface area contributed by atoms with E-state index in [2.05, 4.69) is 10.3 Å². The Bertz CT molecular complexity index is 784. The van der Waals surface area contributed by atoms with Gasteiger partial charge in [-0.15, -0.1) is 0 Å². The lowest BCUT2D eigenvalue weighted by molar-refractivity contribution is 0.0946. The first-order chi connectivity index (χ1) is 9.79. The van der Waals surface area contributed by atoms with Crippen LogP contribution in [-0.2, 0) is 0 Å². The topological polar surface area (TPSA) is 62.2 Å². The number of aliphatic hydroxyl groups is 1. The third kappa shape index (κ3) is 2.21. The molecule has 0 saturated heterocycles. The quantitative estimate of drug-likeness (QED) is 0.714.